The number of halogens is 19. The van der Waals surface area contributed by atoms with E-state index in [-0.39, 0.29) is 13.1 Å². The Bertz CT molecular complexity index is 822. The van der Waals surface area contributed by atoms with Crippen LogP contribution in [0.2, 0.25) is 0 Å². The van der Waals surface area contributed by atoms with E-state index in [1.54, 1.807) is 0 Å². The molecule has 0 saturated carbocycles. The van der Waals surface area contributed by atoms with Gasteiger partial charge in [0.25, 0.3) is 0 Å². The number of hydrogen-bond acceptors (Lipinski definition) is 1. The highest BCUT2D eigenvalue weighted by Crippen LogP contribution is 2.65. The van der Waals surface area contributed by atoms with E-state index < -0.39 is 72.1 Å². The van der Waals surface area contributed by atoms with E-state index in [1.807, 2.05) is 0 Å². The van der Waals surface area contributed by atoms with E-state index >= 15 is 0 Å². The monoisotopic (exact) mass is 623 g/mol. The van der Waals surface area contributed by atoms with Crippen molar-refractivity contribution in [2.75, 3.05) is 19.6 Å². The largest absolute Gasteiger partial charge is 0.393 e. The van der Waals surface area contributed by atoms with Gasteiger partial charge in [-0.2, -0.15) is 79.0 Å². The minimum atomic E-state index is -8.79. The van der Waals surface area contributed by atoms with Gasteiger partial charge in [0.2, 0.25) is 0 Å². The van der Waals surface area contributed by atoms with Gasteiger partial charge < -0.3 is 0 Å². The summed E-state index contributed by atoms with van der Waals surface area (Å²) in [5, 5.41) is -6.92. The molecule has 0 aliphatic carbocycles. The smallest absolute Gasteiger partial charge is 0.296 e. The summed E-state index contributed by atoms with van der Waals surface area (Å²) in [6, 6.07) is 0. The van der Waals surface area contributed by atoms with E-state index in [0.717, 1.165) is 17.1 Å². The number of alkyl halides is 19. The van der Waals surface area contributed by atoms with Crippen LogP contribution in [0.1, 0.15) is 12.8 Å². The molecule has 0 aromatic carbocycles. The maximum Gasteiger partial charge on any atom is 0.393 e. The van der Waals surface area contributed by atoms with Gasteiger partial charge >= 0.3 is 52.8 Å². The first-order chi connectivity index (χ1) is 16.5. The zero-order valence-corrected chi connectivity index (χ0v) is 19.0. The Morgan fingerprint density at radius 2 is 0.789 bits per heavy atom. The van der Waals surface area contributed by atoms with Crippen molar-refractivity contribution in [2.24, 2.45) is 0 Å². The van der Waals surface area contributed by atoms with Crippen LogP contribution in [-0.4, -0.2) is 77.3 Å². The predicted octanol–water partition coefficient (Wildman–Crippen LogP) is 8.35. The third kappa shape index (κ3) is 5.54. The molecular weight excluding hydrogens is 608 g/mol. The highest BCUT2D eigenvalue weighted by Gasteiger charge is 2.96. The first-order valence-corrected chi connectivity index (χ1v) is 9.90. The fraction of sp³-hybridized carbons (Fsp3) is 0.778. The molecule has 20 heteroatoms. The van der Waals surface area contributed by atoms with Crippen LogP contribution in [0.25, 0.3) is 0 Å². The summed E-state index contributed by atoms with van der Waals surface area (Å²) in [4.78, 5) is 1.09. The van der Waals surface area contributed by atoms with Crippen molar-refractivity contribution in [3.8, 4) is 0 Å². The van der Waals surface area contributed by atoms with E-state index in [4.69, 9.17) is 0 Å². The van der Waals surface area contributed by atoms with Gasteiger partial charge in [-0.15, -0.1) is 13.2 Å². The van der Waals surface area contributed by atoms with E-state index in [9.17, 15) is 79.0 Å². The lowest BCUT2D eigenvalue weighted by Crippen LogP contribution is -2.75. The molecule has 0 aliphatic rings. The Morgan fingerprint density at radius 3 is 1.08 bits per heavy atom. The Morgan fingerprint density at radius 1 is 0.500 bits per heavy atom. The lowest BCUT2D eigenvalue weighted by Gasteiger charge is -2.44. The van der Waals surface area contributed by atoms with Crippen LogP contribution in [0.3, 0.4) is 0 Å². The molecule has 1 nitrogen and oxygen atoms in total. The summed E-state index contributed by atoms with van der Waals surface area (Å²) >= 11 is 3.40. The van der Waals surface area contributed by atoms with Crippen LogP contribution < -0.4 is 0 Å². The molecule has 0 aliphatic heterocycles. The molecule has 0 N–H and O–H groups in total. The highest BCUT2D eigenvalue weighted by molar-refractivity contribution is 6.22. The van der Waals surface area contributed by atoms with Crippen LogP contribution in [0.15, 0.2) is 25.3 Å². The molecule has 0 aromatic heterocycles. The molecule has 0 fully saturated rings. The first-order valence-electron chi connectivity index (χ1n) is 9.53. The molecule has 0 heterocycles. The summed E-state index contributed by atoms with van der Waals surface area (Å²) < 4.78 is 242. The third-order valence-corrected chi connectivity index (χ3v) is 5.16. The van der Waals surface area contributed by atoms with Gasteiger partial charge in [0, 0.05) is 19.5 Å². The molecule has 0 unspecified atom stereocenters. The average molecular weight is 624 g/mol. The predicted molar refractivity (Wildman–Crippen MR) is 96.4 cm³/mol. The molecule has 0 spiro atoms. The zero-order valence-electron chi connectivity index (χ0n) is 18.2. The number of hydrogen-bond donors (Lipinski definition) is 0. The minimum Gasteiger partial charge on any atom is -0.296 e. The van der Waals surface area contributed by atoms with Crippen molar-refractivity contribution in [2.45, 2.75) is 65.6 Å². The second-order valence-corrected chi connectivity index (χ2v) is 8.14. The SMILES string of the molecule is C=CCN(CC=C)CCCC(F)(F)C(F)(F)C(F)(F)C(F)(F)C(F)(F)C(F)(F)C(F)(F)C(F)(F)C(F)(F)Cl. The fourth-order valence-corrected chi connectivity index (χ4v) is 2.82. The minimum absolute atomic E-state index is 0.149. The van der Waals surface area contributed by atoms with Crippen molar-refractivity contribution in [1.82, 2.24) is 4.90 Å². The lowest BCUT2D eigenvalue weighted by molar-refractivity contribution is -0.459. The van der Waals surface area contributed by atoms with Gasteiger partial charge in [-0.25, -0.2) is 0 Å². The van der Waals surface area contributed by atoms with E-state index in [2.05, 4.69) is 24.8 Å². The van der Waals surface area contributed by atoms with Crippen molar-refractivity contribution >= 4 is 11.6 Å². The topological polar surface area (TPSA) is 3.24 Å². The van der Waals surface area contributed by atoms with Gasteiger partial charge in [0.1, 0.15) is 0 Å². The summed E-state index contributed by atoms with van der Waals surface area (Å²) in [6.07, 6.45) is -1.52. The standard InChI is InChI=1S/C18H16ClF18N/c1-3-7-38(8-4-2)9-5-6-10(20,21)11(22,23)12(24,25)13(26,27)14(28,29)15(30,31)16(32,33)17(34,35)18(19,36)37/h3-4H,1-2,5-9H2. The van der Waals surface area contributed by atoms with Gasteiger partial charge in [0.15, 0.2) is 0 Å². The van der Waals surface area contributed by atoms with E-state index in [1.165, 1.54) is 0 Å². The third-order valence-electron chi connectivity index (χ3n) is 4.92. The van der Waals surface area contributed by atoms with Gasteiger partial charge in [-0.1, -0.05) is 12.2 Å². The molecule has 0 atom stereocenters. The van der Waals surface area contributed by atoms with Crippen LogP contribution in [-0.2, 0) is 0 Å². The molecule has 0 saturated heterocycles. The molecular formula is C18H16ClF18N. The molecule has 0 bridgehead atoms. The number of rotatable bonds is 16. The number of nitrogens with zero attached hydrogens (tertiary/aromatic N) is 1. The maximum absolute atomic E-state index is 13.9. The Kier molecular flexibility index (Phi) is 10.4. The summed E-state index contributed by atoms with van der Waals surface area (Å²) in [5.74, 6) is -65.0. The molecule has 0 rings (SSSR count). The molecule has 226 valence electrons. The van der Waals surface area contributed by atoms with Crippen molar-refractivity contribution in [3.05, 3.63) is 25.3 Å². The summed E-state index contributed by atoms with van der Waals surface area (Å²) in [7, 11) is 0. The average Bonchev–Trinajstić information content (AvgIpc) is 2.72. The maximum atomic E-state index is 13.9. The van der Waals surface area contributed by atoms with Gasteiger partial charge in [-0.3, -0.25) is 4.90 Å². The lowest BCUT2D eigenvalue weighted by atomic mass is 9.87. The van der Waals surface area contributed by atoms with Gasteiger partial charge in [-0.05, 0) is 24.6 Å². The summed E-state index contributed by atoms with van der Waals surface area (Å²) in [5.41, 5.74) is 0. The molecule has 38 heavy (non-hydrogen) atoms. The highest BCUT2D eigenvalue weighted by atomic mass is 35.5. The normalized spacial score (nSPS) is 15.7. The van der Waals surface area contributed by atoms with Crippen LogP contribution in [0.5, 0.6) is 0 Å². The Labute approximate surface area is 207 Å². The zero-order chi connectivity index (χ0) is 31.0. The molecule has 0 radical (unpaired) electrons. The van der Waals surface area contributed by atoms with Crippen molar-refractivity contribution in [3.63, 3.8) is 0 Å². The van der Waals surface area contributed by atoms with Crippen LogP contribution >= 0.6 is 11.6 Å². The fourth-order valence-electron chi connectivity index (χ4n) is 2.70. The molecule has 0 aromatic rings. The summed E-state index contributed by atoms with van der Waals surface area (Å²) in [6.45, 7) is 5.45. The van der Waals surface area contributed by atoms with E-state index in [0.29, 0.717) is 0 Å². The Balaban J connectivity index is 6.48. The van der Waals surface area contributed by atoms with Gasteiger partial charge in [0.05, 0.1) is 0 Å². The Hall–Kier alpha value is -1.53. The first kappa shape index (κ1) is 36.5. The van der Waals surface area contributed by atoms with Crippen LogP contribution in [0, 0.1) is 0 Å². The molecule has 0 amide bonds. The van der Waals surface area contributed by atoms with Crippen LogP contribution in [0.4, 0.5) is 79.0 Å². The second kappa shape index (κ2) is 10.8. The van der Waals surface area contributed by atoms with Crippen molar-refractivity contribution < 1.29 is 79.0 Å². The quantitative estimate of drug-likeness (QED) is 0.0949. The second-order valence-electron chi connectivity index (χ2n) is 7.66. The van der Waals surface area contributed by atoms with Crippen molar-refractivity contribution in [1.29, 1.82) is 0 Å².